The van der Waals surface area contributed by atoms with Crippen LogP contribution >= 0.6 is 34.4 Å². The summed E-state index contributed by atoms with van der Waals surface area (Å²) < 4.78 is 3.62. The van der Waals surface area contributed by atoms with Gasteiger partial charge >= 0.3 is 0 Å². The first-order valence-corrected chi connectivity index (χ1v) is 11.3. The van der Waals surface area contributed by atoms with Gasteiger partial charge in [-0.15, -0.1) is 32.9 Å². The van der Waals surface area contributed by atoms with Crippen LogP contribution in [-0.2, 0) is 6.42 Å². The zero-order valence-corrected chi connectivity index (χ0v) is 16.8. The predicted octanol–water partition coefficient (Wildman–Crippen LogP) is 5.73. The summed E-state index contributed by atoms with van der Waals surface area (Å²) in [5.74, 6) is 1.09. The molecule has 1 atom stereocenters. The van der Waals surface area contributed by atoms with Crippen LogP contribution in [-0.4, -0.2) is 19.7 Å². The number of aromatic nitrogens is 4. The Morgan fingerprint density at radius 2 is 2.08 bits per heavy atom. The molecule has 1 aliphatic rings. The van der Waals surface area contributed by atoms with Crippen LogP contribution in [0.25, 0.3) is 10.2 Å². The Labute approximate surface area is 164 Å². The lowest BCUT2D eigenvalue weighted by molar-refractivity contribution is 0.634. The summed E-state index contributed by atoms with van der Waals surface area (Å²) in [6.07, 6.45) is 3.34. The molecule has 3 heterocycles. The molecule has 0 radical (unpaired) electrons. The SMILES string of the molecule is CC(Sc1nnc(Cc2cccs2)n1C1CC1)c1nc2ccccc2s1. The number of benzene rings is 1. The Bertz CT molecular complexity index is 997. The van der Waals surface area contributed by atoms with Gasteiger partial charge in [-0.1, -0.05) is 30.0 Å². The zero-order valence-electron chi connectivity index (χ0n) is 14.3. The van der Waals surface area contributed by atoms with Crippen molar-refractivity contribution in [1.29, 1.82) is 0 Å². The van der Waals surface area contributed by atoms with Crippen molar-refractivity contribution in [2.24, 2.45) is 0 Å². The van der Waals surface area contributed by atoms with Gasteiger partial charge in [0.2, 0.25) is 0 Å². The second kappa shape index (κ2) is 6.79. The fourth-order valence-electron chi connectivity index (χ4n) is 3.05. The topological polar surface area (TPSA) is 43.6 Å². The van der Waals surface area contributed by atoms with Crippen molar-refractivity contribution in [3.63, 3.8) is 0 Å². The molecule has 0 bridgehead atoms. The number of para-hydroxylation sites is 1. The molecule has 5 rings (SSSR count). The predicted molar refractivity (Wildman–Crippen MR) is 109 cm³/mol. The molecule has 1 aromatic carbocycles. The number of thiazole rings is 1. The molecule has 0 saturated heterocycles. The van der Waals surface area contributed by atoms with Gasteiger partial charge in [-0.05, 0) is 43.3 Å². The number of hydrogen-bond acceptors (Lipinski definition) is 6. The summed E-state index contributed by atoms with van der Waals surface area (Å²) in [6.45, 7) is 2.22. The van der Waals surface area contributed by atoms with Gasteiger partial charge in [-0.25, -0.2) is 4.98 Å². The fourth-order valence-corrected chi connectivity index (χ4v) is 5.87. The highest BCUT2D eigenvalue weighted by atomic mass is 32.2. The van der Waals surface area contributed by atoms with Gasteiger partial charge in [0.15, 0.2) is 5.16 Å². The van der Waals surface area contributed by atoms with Gasteiger partial charge in [0.05, 0.1) is 15.5 Å². The first kappa shape index (κ1) is 16.5. The van der Waals surface area contributed by atoms with Crippen molar-refractivity contribution in [3.8, 4) is 0 Å². The summed E-state index contributed by atoms with van der Waals surface area (Å²) in [5, 5.41) is 13.6. The second-order valence-electron chi connectivity index (χ2n) is 6.54. The molecule has 1 saturated carbocycles. The van der Waals surface area contributed by atoms with Gasteiger partial charge in [0.25, 0.3) is 0 Å². The molecule has 1 aliphatic carbocycles. The lowest BCUT2D eigenvalue weighted by Crippen LogP contribution is -2.04. The maximum Gasteiger partial charge on any atom is 0.192 e. The van der Waals surface area contributed by atoms with Gasteiger partial charge < -0.3 is 4.57 Å². The van der Waals surface area contributed by atoms with E-state index in [1.54, 1.807) is 34.4 Å². The zero-order chi connectivity index (χ0) is 17.5. The number of nitrogens with zero attached hydrogens (tertiary/aromatic N) is 4. The Morgan fingerprint density at radius 1 is 1.19 bits per heavy atom. The number of thioether (sulfide) groups is 1. The van der Waals surface area contributed by atoms with Crippen LogP contribution in [0.5, 0.6) is 0 Å². The lowest BCUT2D eigenvalue weighted by Gasteiger charge is -2.11. The summed E-state index contributed by atoms with van der Waals surface area (Å²) >= 11 is 5.34. The Balaban J connectivity index is 1.41. The van der Waals surface area contributed by atoms with E-state index in [9.17, 15) is 0 Å². The van der Waals surface area contributed by atoms with Gasteiger partial charge in [0.1, 0.15) is 10.8 Å². The molecule has 26 heavy (non-hydrogen) atoms. The third-order valence-electron chi connectivity index (χ3n) is 4.50. The van der Waals surface area contributed by atoms with Crippen LogP contribution in [0.15, 0.2) is 46.9 Å². The third kappa shape index (κ3) is 3.19. The quantitative estimate of drug-likeness (QED) is 0.389. The largest absolute Gasteiger partial charge is 0.303 e. The maximum absolute atomic E-state index is 4.81. The number of rotatable bonds is 6. The molecule has 0 spiro atoms. The van der Waals surface area contributed by atoms with E-state index in [2.05, 4.69) is 57.4 Å². The number of fused-ring (bicyclic) bond motifs is 1. The van der Waals surface area contributed by atoms with Crippen LogP contribution < -0.4 is 0 Å². The summed E-state index contributed by atoms with van der Waals surface area (Å²) in [6, 6.07) is 13.2. The minimum absolute atomic E-state index is 0.267. The third-order valence-corrected chi connectivity index (χ3v) is 7.81. The van der Waals surface area contributed by atoms with E-state index >= 15 is 0 Å². The van der Waals surface area contributed by atoms with Crippen molar-refractivity contribution in [2.45, 2.75) is 42.6 Å². The van der Waals surface area contributed by atoms with E-state index in [1.165, 1.54) is 22.4 Å². The Hall–Kier alpha value is -1.70. The van der Waals surface area contributed by atoms with E-state index in [-0.39, 0.29) is 5.25 Å². The standard InChI is InChI=1S/C19H18N4S3/c1-12(18-20-15-6-2-3-7-16(15)26-18)25-19-22-21-17(23(19)13-8-9-13)11-14-5-4-10-24-14/h2-7,10,12-13H,8-9,11H2,1H3. The molecule has 1 unspecified atom stereocenters. The summed E-state index contributed by atoms with van der Waals surface area (Å²) in [4.78, 5) is 6.15. The fraction of sp³-hybridized carbons (Fsp3) is 0.316. The summed E-state index contributed by atoms with van der Waals surface area (Å²) in [5.41, 5.74) is 1.09. The minimum Gasteiger partial charge on any atom is -0.303 e. The Morgan fingerprint density at radius 3 is 2.85 bits per heavy atom. The minimum atomic E-state index is 0.267. The highest BCUT2D eigenvalue weighted by molar-refractivity contribution is 7.99. The molecule has 7 heteroatoms. The van der Waals surface area contributed by atoms with Crippen LogP contribution in [0.3, 0.4) is 0 Å². The van der Waals surface area contributed by atoms with E-state index in [0.29, 0.717) is 6.04 Å². The monoisotopic (exact) mass is 398 g/mol. The first-order chi connectivity index (χ1) is 12.8. The molecule has 132 valence electrons. The lowest BCUT2D eigenvalue weighted by atomic mass is 10.3. The van der Waals surface area contributed by atoms with Crippen molar-refractivity contribution in [1.82, 2.24) is 19.7 Å². The average molecular weight is 399 g/mol. The van der Waals surface area contributed by atoms with Gasteiger partial charge in [-0.3, -0.25) is 0 Å². The van der Waals surface area contributed by atoms with E-state index < -0.39 is 0 Å². The van der Waals surface area contributed by atoms with Crippen molar-refractivity contribution in [3.05, 3.63) is 57.5 Å². The van der Waals surface area contributed by atoms with Crippen LogP contribution in [0.4, 0.5) is 0 Å². The highest BCUT2D eigenvalue weighted by Gasteiger charge is 2.30. The number of hydrogen-bond donors (Lipinski definition) is 0. The molecule has 0 amide bonds. The van der Waals surface area contributed by atoms with Crippen LogP contribution in [0.1, 0.15) is 46.8 Å². The van der Waals surface area contributed by atoms with Crippen molar-refractivity contribution in [2.75, 3.05) is 0 Å². The molecule has 1 fully saturated rings. The number of thiophene rings is 1. The molecule has 0 aliphatic heterocycles. The molecular formula is C19H18N4S3. The van der Waals surface area contributed by atoms with Crippen molar-refractivity contribution < 1.29 is 0 Å². The molecule has 4 nitrogen and oxygen atoms in total. The van der Waals surface area contributed by atoms with Crippen LogP contribution in [0.2, 0.25) is 0 Å². The van der Waals surface area contributed by atoms with E-state index in [4.69, 9.17) is 4.98 Å². The van der Waals surface area contributed by atoms with E-state index in [1.807, 2.05) is 6.07 Å². The maximum atomic E-state index is 4.81. The van der Waals surface area contributed by atoms with Crippen LogP contribution in [0, 0.1) is 0 Å². The molecule has 3 aromatic heterocycles. The second-order valence-corrected chi connectivity index (χ2v) is 9.94. The normalized spacial score (nSPS) is 15.6. The van der Waals surface area contributed by atoms with Gasteiger partial charge in [-0.2, -0.15) is 0 Å². The average Bonchev–Trinajstić information content (AvgIpc) is 3.06. The smallest absolute Gasteiger partial charge is 0.192 e. The van der Waals surface area contributed by atoms with E-state index in [0.717, 1.165) is 27.9 Å². The molecule has 0 N–H and O–H groups in total. The van der Waals surface area contributed by atoms with Gasteiger partial charge in [0, 0.05) is 17.3 Å². The Kier molecular flexibility index (Phi) is 4.30. The summed E-state index contributed by atoms with van der Waals surface area (Å²) in [7, 11) is 0. The van der Waals surface area contributed by atoms with Crippen molar-refractivity contribution >= 4 is 44.7 Å². The molecular weight excluding hydrogens is 380 g/mol. The highest BCUT2D eigenvalue weighted by Crippen LogP contribution is 2.43. The first-order valence-electron chi connectivity index (χ1n) is 8.76. The molecule has 4 aromatic rings.